The average molecular weight is 560 g/mol. The normalized spacial score (nSPS) is 13.7. The van der Waals surface area contributed by atoms with Crippen LogP contribution in [0.1, 0.15) is 59.3 Å². The molecule has 30 heavy (non-hydrogen) atoms. The van der Waals surface area contributed by atoms with E-state index in [0.717, 1.165) is 10.8 Å². The van der Waals surface area contributed by atoms with Crippen LogP contribution in [0.25, 0.3) is 0 Å². The molecule has 5 heteroatoms. The van der Waals surface area contributed by atoms with Gasteiger partial charge in [0.05, 0.1) is 0 Å². The van der Waals surface area contributed by atoms with E-state index < -0.39 is 26.7 Å². The van der Waals surface area contributed by atoms with Gasteiger partial charge in [0, 0.05) is 0 Å². The molecule has 0 saturated heterocycles. The van der Waals surface area contributed by atoms with Crippen molar-refractivity contribution in [1.82, 2.24) is 0 Å². The summed E-state index contributed by atoms with van der Waals surface area (Å²) < 4.78 is 19.8. The monoisotopic (exact) mass is 560 g/mol. The van der Waals surface area contributed by atoms with Gasteiger partial charge in [0.25, 0.3) is 0 Å². The van der Waals surface area contributed by atoms with Crippen LogP contribution in [0.2, 0.25) is 38.0 Å². The molecule has 0 aliphatic carbocycles. The van der Waals surface area contributed by atoms with Crippen LogP contribution in [-0.4, -0.2) is 39.4 Å². The summed E-state index contributed by atoms with van der Waals surface area (Å²) in [6.45, 7) is 14.3. The first-order valence-electron chi connectivity index (χ1n) is 12.0. The number of halogens is 1. The van der Waals surface area contributed by atoms with Crippen molar-refractivity contribution in [2.24, 2.45) is 0 Å². The Hall–Kier alpha value is 0.0256. The van der Waals surface area contributed by atoms with Crippen molar-refractivity contribution >= 4 is 38.3 Å². The molecule has 0 bridgehead atoms. The number of unbranched alkanes of at least 4 members (excludes halogenated alkanes) is 3. The maximum atomic E-state index is 6.53. The number of hydrogen-bond acceptors (Lipinski definition) is 2. The standard InChI is InChI=1S/C13H18ClO2Si.3C4H9.Sn/c1-5-12(16-17(2,3)4)10-15-13-8-6-11(14)7-9-13;3*1-3-4-2;/h1,5-9,12H,10H2,2-4H3;3*1,3-4H2,2H3;. The molecule has 0 radical (unpaired) electrons. The SMILES string of the molecule is CCC[CH2][Sn](/[CH]=C/C(COc1ccc(Cl)cc1)O[Si](C)(C)C)([CH2]CCC)[CH2]CCC. The summed E-state index contributed by atoms with van der Waals surface area (Å²) >= 11 is 3.69. The second-order valence-electron chi connectivity index (χ2n) is 9.57. The van der Waals surface area contributed by atoms with Crippen LogP contribution in [-0.2, 0) is 4.43 Å². The Kier molecular flexibility index (Phi) is 14.0. The quantitative estimate of drug-likeness (QED) is 0.188. The van der Waals surface area contributed by atoms with E-state index in [1.807, 2.05) is 24.3 Å². The molecule has 0 aliphatic heterocycles. The van der Waals surface area contributed by atoms with Crippen LogP contribution >= 0.6 is 11.6 Å². The van der Waals surface area contributed by atoms with E-state index in [2.05, 4.69) is 50.6 Å². The van der Waals surface area contributed by atoms with Gasteiger partial charge in [-0.1, -0.05) is 0 Å². The number of benzene rings is 1. The molecule has 172 valence electrons. The van der Waals surface area contributed by atoms with Gasteiger partial charge < -0.3 is 0 Å². The molecule has 0 saturated carbocycles. The van der Waals surface area contributed by atoms with E-state index in [-0.39, 0.29) is 6.10 Å². The third-order valence-corrected chi connectivity index (χ3v) is 20.9. The Bertz CT molecular complexity index is 576. The van der Waals surface area contributed by atoms with Gasteiger partial charge in [0.15, 0.2) is 0 Å². The number of ether oxygens (including phenoxy) is 1. The van der Waals surface area contributed by atoms with Crippen molar-refractivity contribution in [2.75, 3.05) is 6.61 Å². The zero-order chi connectivity index (χ0) is 22.5. The molecular formula is C25H45ClO2SiSn. The van der Waals surface area contributed by atoms with Crippen LogP contribution in [0.4, 0.5) is 0 Å². The second kappa shape index (κ2) is 15.0. The summed E-state index contributed by atoms with van der Waals surface area (Å²) in [6.07, 6.45) is 10.5. The predicted molar refractivity (Wildman–Crippen MR) is 139 cm³/mol. The van der Waals surface area contributed by atoms with Crippen LogP contribution in [0, 0.1) is 0 Å². The van der Waals surface area contributed by atoms with Crippen LogP contribution in [0.15, 0.2) is 34.4 Å². The summed E-state index contributed by atoms with van der Waals surface area (Å²) in [5.74, 6) is 0.856. The molecule has 0 spiro atoms. The van der Waals surface area contributed by atoms with Crippen LogP contribution < -0.4 is 4.74 Å². The van der Waals surface area contributed by atoms with Gasteiger partial charge in [-0.3, -0.25) is 0 Å². The first kappa shape index (κ1) is 28.1. The molecule has 0 heterocycles. The Morgan fingerprint density at radius 3 is 1.83 bits per heavy atom. The second-order valence-corrected chi connectivity index (χ2v) is 27.5. The minimum absolute atomic E-state index is 0.0355. The van der Waals surface area contributed by atoms with Gasteiger partial charge in [0.2, 0.25) is 0 Å². The molecule has 0 amide bonds. The Balaban J connectivity index is 3.00. The summed E-state index contributed by atoms with van der Waals surface area (Å²) in [7, 11) is -1.67. The van der Waals surface area contributed by atoms with Gasteiger partial charge >= 0.3 is 198 Å². The van der Waals surface area contributed by atoms with Crippen molar-refractivity contribution in [3.63, 3.8) is 0 Å². The summed E-state index contributed by atoms with van der Waals surface area (Å²) in [5, 5.41) is 0.735. The van der Waals surface area contributed by atoms with E-state index in [1.54, 1.807) is 0 Å². The fraction of sp³-hybridized carbons (Fsp3) is 0.680. The van der Waals surface area contributed by atoms with E-state index >= 15 is 0 Å². The molecule has 2 nitrogen and oxygen atoms in total. The Morgan fingerprint density at radius 2 is 1.40 bits per heavy atom. The molecule has 0 N–H and O–H groups in total. The van der Waals surface area contributed by atoms with Crippen molar-refractivity contribution in [2.45, 2.75) is 98.4 Å². The van der Waals surface area contributed by atoms with Crippen molar-refractivity contribution in [1.29, 1.82) is 0 Å². The first-order valence-corrected chi connectivity index (χ1v) is 23.5. The Morgan fingerprint density at radius 1 is 0.900 bits per heavy atom. The molecule has 1 unspecified atom stereocenters. The first-order chi connectivity index (χ1) is 14.2. The molecule has 1 aromatic rings. The van der Waals surface area contributed by atoms with Gasteiger partial charge in [-0.25, -0.2) is 0 Å². The fourth-order valence-electron chi connectivity index (χ4n) is 3.82. The maximum absolute atomic E-state index is 6.53. The topological polar surface area (TPSA) is 18.5 Å². The molecule has 1 aromatic carbocycles. The molecular weight excluding hydrogens is 515 g/mol. The average Bonchev–Trinajstić information content (AvgIpc) is 2.71. The Labute approximate surface area is 196 Å². The summed E-state index contributed by atoms with van der Waals surface area (Å²) in [5.41, 5.74) is 0. The van der Waals surface area contributed by atoms with E-state index in [4.69, 9.17) is 20.8 Å². The molecule has 1 atom stereocenters. The van der Waals surface area contributed by atoms with Gasteiger partial charge in [-0.05, 0) is 0 Å². The summed E-state index contributed by atoms with van der Waals surface area (Å²) in [4.78, 5) is 0. The molecule has 0 fully saturated rings. The molecule has 0 aromatic heterocycles. The molecule has 1 rings (SSSR count). The van der Waals surface area contributed by atoms with Crippen molar-refractivity contribution < 1.29 is 9.16 Å². The fourth-order valence-corrected chi connectivity index (χ4v) is 19.4. The third-order valence-electron chi connectivity index (χ3n) is 5.48. The predicted octanol–water partition coefficient (Wildman–Crippen LogP) is 8.88. The van der Waals surface area contributed by atoms with E-state index in [9.17, 15) is 0 Å². The zero-order valence-electron chi connectivity index (χ0n) is 20.3. The van der Waals surface area contributed by atoms with Crippen LogP contribution in [0.3, 0.4) is 0 Å². The number of hydrogen-bond donors (Lipinski definition) is 0. The van der Waals surface area contributed by atoms with Gasteiger partial charge in [-0.2, -0.15) is 0 Å². The van der Waals surface area contributed by atoms with Crippen molar-refractivity contribution in [3.8, 4) is 5.75 Å². The van der Waals surface area contributed by atoms with E-state index in [0.29, 0.717) is 6.61 Å². The minimum atomic E-state index is -2.31. The van der Waals surface area contributed by atoms with Gasteiger partial charge in [0.1, 0.15) is 0 Å². The molecule has 0 aliphatic rings. The third kappa shape index (κ3) is 12.2. The van der Waals surface area contributed by atoms with Gasteiger partial charge in [-0.15, -0.1) is 0 Å². The summed E-state index contributed by atoms with van der Waals surface area (Å²) in [6, 6.07) is 7.63. The van der Waals surface area contributed by atoms with Crippen molar-refractivity contribution in [3.05, 3.63) is 39.5 Å². The van der Waals surface area contributed by atoms with Crippen LogP contribution in [0.5, 0.6) is 5.75 Å². The zero-order valence-corrected chi connectivity index (χ0v) is 24.9. The number of rotatable bonds is 16. The van der Waals surface area contributed by atoms with E-state index in [1.165, 1.54) is 51.8 Å².